The van der Waals surface area contributed by atoms with Gasteiger partial charge < -0.3 is 28.5 Å². The van der Waals surface area contributed by atoms with Crippen molar-refractivity contribution in [1.29, 1.82) is 0 Å². The zero-order chi connectivity index (χ0) is 27.3. The summed E-state index contributed by atoms with van der Waals surface area (Å²) in [4.78, 5) is 15.3. The Morgan fingerprint density at radius 2 is 1.87 bits per heavy atom. The highest BCUT2D eigenvalue weighted by Crippen LogP contribution is 2.37. The fourth-order valence-electron chi connectivity index (χ4n) is 3.84. The minimum Gasteiger partial charge on any atom is -0.497 e. The summed E-state index contributed by atoms with van der Waals surface area (Å²) in [6, 6.07) is 11.9. The van der Waals surface area contributed by atoms with Crippen molar-refractivity contribution in [2.75, 3.05) is 13.7 Å². The molecule has 4 rings (SSSR count). The van der Waals surface area contributed by atoms with E-state index < -0.39 is 24.9 Å². The number of rotatable bonds is 10. The summed E-state index contributed by atoms with van der Waals surface area (Å²) in [6.07, 6.45) is -0.225. The molecule has 1 aliphatic carbocycles. The van der Waals surface area contributed by atoms with Crippen molar-refractivity contribution in [2.45, 2.75) is 32.2 Å². The predicted octanol–water partition coefficient (Wildman–Crippen LogP) is 6.16. The third kappa shape index (κ3) is 6.87. The van der Waals surface area contributed by atoms with Crippen molar-refractivity contribution < 1.29 is 46.4 Å². The zero-order valence-electron chi connectivity index (χ0n) is 20.4. The molecule has 1 heterocycles. The molecular formula is C27H24F3NO7. The quantitative estimate of drug-likeness (QED) is 0.332. The van der Waals surface area contributed by atoms with Gasteiger partial charge in [-0.15, -0.1) is 13.2 Å². The smallest absolute Gasteiger partial charge is 0.497 e. The van der Waals surface area contributed by atoms with Crippen molar-refractivity contribution in [1.82, 2.24) is 4.98 Å². The lowest BCUT2D eigenvalue weighted by atomic mass is 9.94. The normalized spacial score (nSPS) is 15.1. The number of benzene rings is 2. The number of allylic oxidation sites excluding steroid dienone is 3. The lowest BCUT2D eigenvalue weighted by Crippen LogP contribution is -2.14. The highest BCUT2D eigenvalue weighted by atomic mass is 19.4. The maximum atomic E-state index is 12.8. The van der Waals surface area contributed by atoms with Crippen LogP contribution in [0.4, 0.5) is 13.2 Å². The summed E-state index contributed by atoms with van der Waals surface area (Å²) in [6.45, 7) is 1.23. The topological polar surface area (TPSA) is 100 Å². The Labute approximate surface area is 215 Å². The third-order valence-electron chi connectivity index (χ3n) is 5.53. The Balaban J connectivity index is 1.58. The molecule has 0 fully saturated rings. The van der Waals surface area contributed by atoms with Crippen molar-refractivity contribution in [3.8, 4) is 28.5 Å². The van der Waals surface area contributed by atoms with Crippen LogP contribution in [0.5, 0.6) is 17.2 Å². The molecule has 0 bridgehead atoms. The van der Waals surface area contributed by atoms with Crippen LogP contribution in [0.3, 0.4) is 0 Å². The summed E-state index contributed by atoms with van der Waals surface area (Å²) in [5.41, 5.74) is 1.82. The van der Waals surface area contributed by atoms with E-state index >= 15 is 0 Å². The minimum atomic E-state index is -4.82. The van der Waals surface area contributed by atoms with Crippen LogP contribution >= 0.6 is 0 Å². The first-order valence-corrected chi connectivity index (χ1v) is 11.5. The molecule has 2 aromatic carbocycles. The van der Waals surface area contributed by atoms with Crippen LogP contribution in [0.1, 0.15) is 29.6 Å². The van der Waals surface area contributed by atoms with E-state index in [9.17, 15) is 18.0 Å². The van der Waals surface area contributed by atoms with E-state index in [4.69, 9.17) is 23.7 Å². The van der Waals surface area contributed by atoms with Crippen LogP contribution in [-0.4, -0.2) is 36.1 Å². The number of carbonyl (C=O) groups is 1. The van der Waals surface area contributed by atoms with Gasteiger partial charge in [-0.2, -0.15) is 0 Å². The van der Waals surface area contributed by atoms with Crippen molar-refractivity contribution >= 4 is 5.97 Å². The summed E-state index contributed by atoms with van der Waals surface area (Å²) < 4.78 is 64.7. The Bertz CT molecular complexity index is 1340. The number of alkyl halides is 3. The lowest BCUT2D eigenvalue weighted by Gasteiger charge is -2.17. The molecular weight excluding hydrogens is 507 g/mol. The maximum absolute atomic E-state index is 12.8. The van der Waals surface area contributed by atoms with E-state index in [1.54, 1.807) is 62.6 Å². The Morgan fingerprint density at radius 1 is 1.13 bits per heavy atom. The van der Waals surface area contributed by atoms with Gasteiger partial charge in [-0.3, -0.25) is 0 Å². The first-order chi connectivity index (χ1) is 18.1. The van der Waals surface area contributed by atoms with Crippen LogP contribution in [-0.2, 0) is 16.1 Å². The molecule has 1 unspecified atom stereocenters. The molecule has 0 radical (unpaired) electrons. The minimum absolute atomic E-state index is 0.0594. The Kier molecular flexibility index (Phi) is 7.94. The van der Waals surface area contributed by atoms with Gasteiger partial charge in [0, 0.05) is 11.5 Å². The van der Waals surface area contributed by atoms with E-state index in [1.807, 2.05) is 0 Å². The second kappa shape index (κ2) is 11.3. The Morgan fingerprint density at radius 3 is 2.53 bits per heavy atom. The van der Waals surface area contributed by atoms with Crippen molar-refractivity contribution in [3.63, 3.8) is 0 Å². The number of methoxy groups -OCH3 is 1. The second-order valence-electron chi connectivity index (χ2n) is 8.31. The van der Waals surface area contributed by atoms with Gasteiger partial charge in [-0.25, -0.2) is 9.78 Å². The van der Waals surface area contributed by atoms with E-state index in [-0.39, 0.29) is 18.3 Å². The van der Waals surface area contributed by atoms with Gasteiger partial charge in [0.25, 0.3) is 0 Å². The maximum Gasteiger partial charge on any atom is 0.573 e. The first-order valence-electron chi connectivity index (χ1n) is 11.5. The summed E-state index contributed by atoms with van der Waals surface area (Å²) in [5, 5.41) is 8.78. The van der Waals surface area contributed by atoms with Crippen LogP contribution in [0.15, 0.2) is 70.9 Å². The highest BCUT2D eigenvalue weighted by molar-refractivity contribution is 5.68. The van der Waals surface area contributed by atoms with Crippen LogP contribution < -0.4 is 14.2 Å². The first kappa shape index (κ1) is 26.6. The number of nitrogens with zero attached hydrogens (tertiary/aromatic N) is 1. The fourth-order valence-corrected chi connectivity index (χ4v) is 3.84. The van der Waals surface area contributed by atoms with Gasteiger partial charge in [0.2, 0.25) is 5.89 Å². The average Bonchev–Trinajstić information content (AvgIpc) is 3.30. The molecule has 200 valence electrons. The molecule has 1 N–H and O–H groups in total. The van der Waals surface area contributed by atoms with Crippen LogP contribution in [0, 0.1) is 6.92 Å². The number of carboxylic acids is 1. The number of halogens is 3. The molecule has 3 aromatic rings. The molecule has 0 aliphatic heterocycles. The zero-order valence-corrected chi connectivity index (χ0v) is 20.4. The molecule has 1 aromatic heterocycles. The molecule has 0 saturated carbocycles. The predicted molar refractivity (Wildman–Crippen MR) is 129 cm³/mol. The Hall–Kier alpha value is -4.41. The third-order valence-corrected chi connectivity index (χ3v) is 5.53. The number of hydrogen-bond acceptors (Lipinski definition) is 7. The molecule has 38 heavy (non-hydrogen) atoms. The molecule has 0 amide bonds. The number of carboxylic acid groups (broad SMARTS) is 1. The number of hydrogen-bond donors (Lipinski definition) is 1. The molecule has 11 heteroatoms. The van der Waals surface area contributed by atoms with Crippen molar-refractivity contribution in [2.24, 2.45) is 0 Å². The van der Waals surface area contributed by atoms with Gasteiger partial charge in [0.05, 0.1) is 7.11 Å². The van der Waals surface area contributed by atoms with Crippen LogP contribution in [0.2, 0.25) is 0 Å². The summed E-state index contributed by atoms with van der Waals surface area (Å²) in [7, 11) is 1.54. The van der Waals surface area contributed by atoms with Gasteiger partial charge in [-0.1, -0.05) is 6.08 Å². The highest BCUT2D eigenvalue weighted by Gasteiger charge is 2.33. The van der Waals surface area contributed by atoms with E-state index in [0.29, 0.717) is 46.3 Å². The number of aryl methyl sites for hydroxylation is 1. The molecule has 0 spiro atoms. The molecule has 0 saturated heterocycles. The number of ether oxygens (including phenoxy) is 4. The van der Waals surface area contributed by atoms with Gasteiger partial charge in [0.15, 0.2) is 13.2 Å². The molecule has 8 nitrogen and oxygen atoms in total. The SMILES string of the molecule is COc1ccc(-c2nc(COc3ccc(OCC(=O)O)c(C)c3)oc2C2C=C(OC(F)(F)F)C=CC2)cc1. The van der Waals surface area contributed by atoms with Gasteiger partial charge in [-0.05, 0) is 73.5 Å². The number of oxazole rings is 1. The number of aliphatic carboxylic acids is 1. The van der Waals surface area contributed by atoms with E-state index in [1.165, 1.54) is 12.2 Å². The second-order valence-corrected chi connectivity index (χ2v) is 8.31. The van der Waals surface area contributed by atoms with E-state index in [2.05, 4.69) is 9.72 Å². The van der Waals surface area contributed by atoms with Gasteiger partial charge >= 0.3 is 12.3 Å². The van der Waals surface area contributed by atoms with Crippen LogP contribution in [0.25, 0.3) is 11.3 Å². The van der Waals surface area contributed by atoms with E-state index in [0.717, 1.165) is 0 Å². The summed E-state index contributed by atoms with van der Waals surface area (Å²) in [5.74, 6) is 0.137. The standard InChI is InChI=1S/C27H24F3NO7/c1-16-12-20(10-11-22(16)36-15-24(32)33)35-14-23-31-25(17-6-8-19(34-2)9-7-17)26(37-23)18-4-3-5-21(13-18)38-27(28,29)30/h3,5-13,18H,4,14-15H2,1-2H3,(H,32,33). The summed E-state index contributed by atoms with van der Waals surface area (Å²) >= 11 is 0. The van der Waals surface area contributed by atoms with Crippen molar-refractivity contribution in [3.05, 3.63) is 83.7 Å². The fraction of sp³-hybridized carbons (Fsp3) is 0.259. The average molecular weight is 531 g/mol. The largest absolute Gasteiger partial charge is 0.573 e. The molecule has 1 atom stereocenters. The van der Waals surface area contributed by atoms with Gasteiger partial charge in [0.1, 0.15) is 34.5 Å². The monoisotopic (exact) mass is 531 g/mol. The number of aromatic nitrogens is 1. The molecule has 1 aliphatic rings. The lowest BCUT2D eigenvalue weighted by molar-refractivity contribution is -0.303.